The number of aromatic amines is 1. The van der Waals surface area contributed by atoms with Crippen LogP contribution in [0.15, 0.2) is 71.3 Å². The molecule has 1 N–H and O–H groups in total. The van der Waals surface area contributed by atoms with Gasteiger partial charge in [-0.1, -0.05) is 6.07 Å². The van der Waals surface area contributed by atoms with Gasteiger partial charge < -0.3 is 9.64 Å². The Bertz CT molecular complexity index is 1840. The lowest BCUT2D eigenvalue weighted by molar-refractivity contribution is -0.135. The van der Waals surface area contributed by atoms with Gasteiger partial charge in [0.25, 0.3) is 10.0 Å². The highest BCUT2D eigenvalue weighted by Gasteiger charge is 2.28. The molecule has 0 unspecified atom stereocenters. The summed E-state index contributed by atoms with van der Waals surface area (Å²) in [5.74, 6) is -0.584. The lowest BCUT2D eigenvalue weighted by atomic mass is 9.99. The molecule has 1 saturated heterocycles. The van der Waals surface area contributed by atoms with E-state index in [2.05, 4.69) is 20.2 Å². The van der Waals surface area contributed by atoms with Crippen LogP contribution in [-0.2, 0) is 19.6 Å². The molecule has 1 amide bonds. The standard InChI is InChI=1S/C28H25FN6O4S2.2ClH/c1-34(16-25(36)35-10-12-39-13-11-35)41(37,38)26-9-8-24(40-26)28-21-14-19(4-7-23(21)30-17-31-28)22-15-32-33-27(22)18-2-5-20(29)6-3-18;;/h2-9,14-15,17H,10-13,16H2,1H3,(H,32,33);2*1H. The Balaban J connectivity index is 0.00000212. The number of hydrogen-bond acceptors (Lipinski definition) is 8. The van der Waals surface area contributed by atoms with Crippen molar-refractivity contribution in [3.8, 4) is 33.0 Å². The second-order valence-electron chi connectivity index (χ2n) is 9.49. The monoisotopic (exact) mass is 664 g/mol. The molecule has 0 bridgehead atoms. The van der Waals surface area contributed by atoms with Gasteiger partial charge in [-0.25, -0.2) is 22.8 Å². The molecule has 3 aromatic heterocycles. The normalized spacial score (nSPS) is 13.5. The van der Waals surface area contributed by atoms with Crippen LogP contribution in [0.3, 0.4) is 0 Å². The summed E-state index contributed by atoms with van der Waals surface area (Å²) in [6, 6.07) is 15.1. The van der Waals surface area contributed by atoms with E-state index in [9.17, 15) is 17.6 Å². The predicted octanol–water partition coefficient (Wildman–Crippen LogP) is 4.88. The van der Waals surface area contributed by atoms with Gasteiger partial charge in [-0.15, -0.1) is 36.2 Å². The minimum atomic E-state index is -3.91. The summed E-state index contributed by atoms with van der Waals surface area (Å²) in [7, 11) is -2.50. The van der Waals surface area contributed by atoms with Gasteiger partial charge in [-0.2, -0.15) is 9.40 Å². The van der Waals surface area contributed by atoms with Crippen LogP contribution in [0.4, 0.5) is 4.39 Å². The number of carbonyl (C=O) groups excluding carboxylic acids is 1. The number of H-pyrrole nitrogens is 1. The van der Waals surface area contributed by atoms with E-state index in [1.165, 1.54) is 31.6 Å². The molecule has 4 heterocycles. The highest BCUT2D eigenvalue weighted by Crippen LogP contribution is 2.37. The van der Waals surface area contributed by atoms with Crippen LogP contribution < -0.4 is 0 Å². The third-order valence-corrected chi connectivity index (χ3v) is 10.3. The van der Waals surface area contributed by atoms with Crippen LogP contribution in [0.25, 0.3) is 43.9 Å². The first kappa shape index (κ1) is 32.5. The predicted molar refractivity (Wildman–Crippen MR) is 168 cm³/mol. The van der Waals surface area contributed by atoms with Gasteiger partial charge in [0.15, 0.2) is 0 Å². The fourth-order valence-corrected chi connectivity index (χ4v) is 7.34. The Morgan fingerprint density at radius 3 is 2.51 bits per heavy atom. The summed E-state index contributed by atoms with van der Waals surface area (Å²) in [6.07, 6.45) is 3.15. The zero-order valence-corrected chi connectivity index (χ0v) is 26.0. The highest BCUT2D eigenvalue weighted by molar-refractivity contribution is 7.91. The van der Waals surface area contributed by atoms with Crippen molar-refractivity contribution in [3.05, 3.63) is 72.9 Å². The molecular weight excluding hydrogens is 638 g/mol. The van der Waals surface area contributed by atoms with Crippen LogP contribution in [0, 0.1) is 5.82 Å². The van der Waals surface area contributed by atoms with Crippen molar-refractivity contribution in [3.63, 3.8) is 0 Å². The molecule has 226 valence electrons. The average Bonchev–Trinajstić information content (AvgIpc) is 3.69. The lowest BCUT2D eigenvalue weighted by Gasteiger charge is -2.28. The number of benzene rings is 2. The van der Waals surface area contributed by atoms with E-state index in [-0.39, 0.29) is 47.3 Å². The summed E-state index contributed by atoms with van der Waals surface area (Å²) >= 11 is 1.08. The number of likely N-dealkylation sites (N-methyl/N-ethyl adjacent to an activating group) is 1. The summed E-state index contributed by atoms with van der Waals surface area (Å²) in [5.41, 5.74) is 4.45. The van der Waals surface area contributed by atoms with E-state index < -0.39 is 10.0 Å². The molecular formula is C28H27Cl2FN6O4S2. The molecule has 0 atom stereocenters. The highest BCUT2D eigenvalue weighted by atomic mass is 35.5. The van der Waals surface area contributed by atoms with Gasteiger partial charge in [0.05, 0.1) is 47.7 Å². The number of amides is 1. The smallest absolute Gasteiger partial charge is 0.252 e. The number of fused-ring (bicyclic) bond motifs is 1. The van der Waals surface area contributed by atoms with E-state index >= 15 is 0 Å². The number of rotatable bonds is 7. The minimum Gasteiger partial charge on any atom is -0.378 e. The van der Waals surface area contributed by atoms with Gasteiger partial charge >= 0.3 is 0 Å². The first-order valence-corrected chi connectivity index (χ1v) is 15.0. The quantitative estimate of drug-likeness (QED) is 0.263. The van der Waals surface area contributed by atoms with Crippen molar-refractivity contribution in [2.24, 2.45) is 0 Å². The lowest BCUT2D eigenvalue weighted by Crippen LogP contribution is -2.46. The van der Waals surface area contributed by atoms with Crippen molar-refractivity contribution in [2.75, 3.05) is 39.9 Å². The Morgan fingerprint density at radius 2 is 1.77 bits per heavy atom. The molecule has 15 heteroatoms. The fourth-order valence-electron chi connectivity index (χ4n) is 4.69. The number of halogens is 3. The SMILES string of the molecule is CN(CC(=O)N1CCOCC1)S(=O)(=O)c1ccc(-c2ncnc3ccc(-c4cn[nH]c4-c4ccc(F)cc4)cc23)s1.Cl.Cl. The molecule has 2 aromatic carbocycles. The molecule has 5 aromatic rings. The van der Waals surface area contributed by atoms with Crippen molar-refractivity contribution in [1.29, 1.82) is 0 Å². The number of nitrogens with one attached hydrogen (secondary N) is 1. The maximum Gasteiger partial charge on any atom is 0.252 e. The molecule has 43 heavy (non-hydrogen) atoms. The number of thiophene rings is 1. The minimum absolute atomic E-state index is 0. The van der Waals surface area contributed by atoms with Crippen LogP contribution >= 0.6 is 36.2 Å². The van der Waals surface area contributed by atoms with Gasteiger partial charge in [-0.05, 0) is 54.1 Å². The maximum atomic E-state index is 13.5. The second-order valence-corrected chi connectivity index (χ2v) is 12.8. The van der Waals surface area contributed by atoms with Crippen LogP contribution in [-0.4, -0.2) is 83.6 Å². The first-order valence-electron chi connectivity index (χ1n) is 12.8. The molecule has 10 nitrogen and oxygen atoms in total. The molecule has 1 fully saturated rings. The number of hydrogen-bond donors (Lipinski definition) is 1. The molecule has 1 aliphatic rings. The first-order chi connectivity index (χ1) is 19.8. The fraction of sp³-hybridized carbons (Fsp3) is 0.214. The zero-order valence-electron chi connectivity index (χ0n) is 22.8. The molecule has 0 aliphatic carbocycles. The van der Waals surface area contributed by atoms with E-state index in [0.29, 0.717) is 42.4 Å². The van der Waals surface area contributed by atoms with Crippen molar-refractivity contribution < 1.29 is 22.3 Å². The van der Waals surface area contributed by atoms with Crippen molar-refractivity contribution >= 4 is 63.0 Å². The summed E-state index contributed by atoms with van der Waals surface area (Å²) < 4.78 is 46.6. The molecule has 0 spiro atoms. The molecule has 0 radical (unpaired) electrons. The van der Waals surface area contributed by atoms with Crippen molar-refractivity contribution in [2.45, 2.75) is 4.21 Å². The Morgan fingerprint density at radius 1 is 1.05 bits per heavy atom. The van der Waals surface area contributed by atoms with Crippen LogP contribution in [0.2, 0.25) is 0 Å². The largest absolute Gasteiger partial charge is 0.378 e. The van der Waals surface area contributed by atoms with Crippen LogP contribution in [0.5, 0.6) is 0 Å². The molecule has 1 aliphatic heterocycles. The topological polar surface area (TPSA) is 121 Å². The number of aromatic nitrogens is 4. The van der Waals surface area contributed by atoms with E-state index in [4.69, 9.17) is 4.74 Å². The Labute approximate surface area is 263 Å². The summed E-state index contributed by atoms with van der Waals surface area (Å²) in [6.45, 7) is 1.53. The number of nitrogens with zero attached hydrogens (tertiary/aromatic N) is 5. The van der Waals surface area contributed by atoms with Gasteiger partial charge in [-0.3, -0.25) is 9.89 Å². The van der Waals surface area contributed by atoms with Crippen LogP contribution in [0.1, 0.15) is 0 Å². The van der Waals surface area contributed by atoms with E-state index in [1.54, 1.807) is 29.3 Å². The van der Waals surface area contributed by atoms with Gasteiger partial charge in [0.2, 0.25) is 5.91 Å². The average molecular weight is 666 g/mol. The number of sulfonamides is 1. The second kappa shape index (κ2) is 13.5. The van der Waals surface area contributed by atoms with Gasteiger partial charge in [0.1, 0.15) is 16.4 Å². The maximum absolute atomic E-state index is 13.5. The van der Waals surface area contributed by atoms with Gasteiger partial charge in [0, 0.05) is 36.7 Å². The number of ether oxygens (including phenoxy) is 1. The molecule has 6 rings (SSSR count). The Hall–Kier alpha value is -3.46. The Kier molecular flexibility index (Phi) is 10.2. The number of carbonyl (C=O) groups is 1. The molecule has 0 saturated carbocycles. The van der Waals surface area contributed by atoms with Crippen molar-refractivity contribution in [1.82, 2.24) is 29.4 Å². The third kappa shape index (κ3) is 6.56. The number of morpholine rings is 1. The third-order valence-electron chi connectivity index (χ3n) is 6.92. The van der Waals surface area contributed by atoms with E-state index in [1.807, 2.05) is 18.2 Å². The summed E-state index contributed by atoms with van der Waals surface area (Å²) in [5, 5.41) is 7.93. The van der Waals surface area contributed by atoms with E-state index in [0.717, 1.165) is 43.4 Å². The zero-order chi connectivity index (χ0) is 28.6. The summed E-state index contributed by atoms with van der Waals surface area (Å²) in [4.78, 5) is 23.8.